The molecule has 0 N–H and O–H groups in total. The largest absolute Gasteiger partial charge is 0.435 e. The van der Waals surface area contributed by atoms with E-state index in [9.17, 15) is 13.6 Å². The molecule has 3 aromatic rings. The highest BCUT2D eigenvalue weighted by Crippen LogP contribution is 2.29. The lowest BCUT2D eigenvalue weighted by molar-refractivity contribution is -0.0498. The summed E-state index contributed by atoms with van der Waals surface area (Å²) in [4.78, 5) is 19.8. The molecule has 0 spiro atoms. The van der Waals surface area contributed by atoms with Crippen LogP contribution in [0.1, 0.15) is 15.9 Å². The van der Waals surface area contributed by atoms with Gasteiger partial charge in [0, 0.05) is 24.7 Å². The molecule has 0 aliphatic heterocycles. The van der Waals surface area contributed by atoms with Crippen LogP contribution < -0.4 is 4.74 Å². The fourth-order valence-corrected chi connectivity index (χ4v) is 3.46. The van der Waals surface area contributed by atoms with Gasteiger partial charge in [-0.2, -0.15) is 8.78 Å². The van der Waals surface area contributed by atoms with E-state index in [1.165, 1.54) is 23.9 Å². The Morgan fingerprint density at radius 1 is 1.07 bits per heavy atom. The lowest BCUT2D eigenvalue weighted by atomic mass is 10.2. The summed E-state index contributed by atoms with van der Waals surface area (Å²) < 4.78 is 28.8. The predicted molar refractivity (Wildman–Crippen MR) is 104 cm³/mol. The molecule has 1 aromatic heterocycles. The second-order valence-corrected chi connectivity index (χ2v) is 7.02. The minimum Gasteiger partial charge on any atom is -0.435 e. The standard InChI is InChI=1S/C21H18F2N2O2S/c1-25(14-15-9-11-16(12-10-15)27-21(22)23)20(26)18-8-5-13-24-19(18)28-17-6-3-2-4-7-17/h2-13,21H,14H2,1H3. The molecule has 0 fully saturated rings. The first-order chi connectivity index (χ1) is 13.5. The van der Waals surface area contributed by atoms with E-state index in [1.807, 2.05) is 30.3 Å². The highest BCUT2D eigenvalue weighted by molar-refractivity contribution is 7.99. The molecular formula is C21H18F2N2O2S. The number of carbonyl (C=O) groups is 1. The van der Waals surface area contributed by atoms with E-state index in [2.05, 4.69) is 9.72 Å². The molecule has 0 aliphatic rings. The van der Waals surface area contributed by atoms with Crippen LogP contribution in [0, 0.1) is 0 Å². The molecule has 7 heteroatoms. The van der Waals surface area contributed by atoms with Crippen molar-refractivity contribution in [1.29, 1.82) is 0 Å². The molecule has 3 rings (SSSR count). The van der Waals surface area contributed by atoms with Crippen LogP contribution in [0.3, 0.4) is 0 Å². The van der Waals surface area contributed by atoms with Crippen LogP contribution >= 0.6 is 11.8 Å². The lowest BCUT2D eigenvalue weighted by Crippen LogP contribution is -2.26. The van der Waals surface area contributed by atoms with Gasteiger partial charge in [0.1, 0.15) is 10.8 Å². The topological polar surface area (TPSA) is 42.4 Å². The number of rotatable bonds is 7. The molecule has 0 saturated carbocycles. The van der Waals surface area contributed by atoms with Crippen molar-refractivity contribution in [3.8, 4) is 5.75 Å². The Morgan fingerprint density at radius 2 is 1.79 bits per heavy atom. The van der Waals surface area contributed by atoms with Crippen LogP contribution in [0.2, 0.25) is 0 Å². The van der Waals surface area contributed by atoms with Crippen molar-refractivity contribution in [2.75, 3.05) is 7.05 Å². The third kappa shape index (κ3) is 5.29. The summed E-state index contributed by atoms with van der Waals surface area (Å²) in [7, 11) is 1.69. The number of aromatic nitrogens is 1. The Bertz CT molecular complexity index is 921. The normalized spacial score (nSPS) is 10.7. The predicted octanol–water partition coefficient (Wildman–Crippen LogP) is 5.11. The van der Waals surface area contributed by atoms with Gasteiger partial charge in [-0.3, -0.25) is 4.79 Å². The zero-order valence-electron chi connectivity index (χ0n) is 15.1. The van der Waals surface area contributed by atoms with Crippen molar-refractivity contribution in [2.24, 2.45) is 0 Å². The molecule has 144 valence electrons. The van der Waals surface area contributed by atoms with E-state index in [0.29, 0.717) is 17.1 Å². The van der Waals surface area contributed by atoms with Crippen LogP contribution in [-0.4, -0.2) is 29.5 Å². The van der Waals surface area contributed by atoms with Crippen molar-refractivity contribution in [3.05, 3.63) is 84.1 Å². The molecule has 1 amide bonds. The van der Waals surface area contributed by atoms with Gasteiger partial charge in [-0.05, 0) is 42.0 Å². The van der Waals surface area contributed by atoms with E-state index < -0.39 is 6.61 Å². The fourth-order valence-electron chi connectivity index (χ4n) is 2.56. The average molecular weight is 400 g/mol. The Hall–Kier alpha value is -2.93. The molecule has 0 saturated heterocycles. The minimum atomic E-state index is -2.86. The summed E-state index contributed by atoms with van der Waals surface area (Å²) in [6.07, 6.45) is 1.66. The number of pyridine rings is 1. The monoisotopic (exact) mass is 400 g/mol. The van der Waals surface area contributed by atoms with Gasteiger partial charge in [-0.1, -0.05) is 42.1 Å². The quantitative estimate of drug-likeness (QED) is 0.553. The maximum Gasteiger partial charge on any atom is 0.387 e. The maximum atomic E-state index is 12.9. The first kappa shape index (κ1) is 19.8. The number of alkyl halides is 2. The van der Waals surface area contributed by atoms with Gasteiger partial charge in [0.25, 0.3) is 5.91 Å². The van der Waals surface area contributed by atoms with Crippen molar-refractivity contribution in [3.63, 3.8) is 0 Å². The highest BCUT2D eigenvalue weighted by Gasteiger charge is 2.18. The van der Waals surface area contributed by atoms with Gasteiger partial charge in [0.05, 0.1) is 5.56 Å². The maximum absolute atomic E-state index is 12.9. The average Bonchev–Trinajstić information content (AvgIpc) is 2.70. The number of nitrogens with zero attached hydrogens (tertiary/aromatic N) is 2. The fraction of sp³-hybridized carbons (Fsp3) is 0.143. The zero-order chi connectivity index (χ0) is 19.9. The molecule has 0 aliphatic carbocycles. The highest BCUT2D eigenvalue weighted by atomic mass is 32.2. The minimum absolute atomic E-state index is 0.0848. The van der Waals surface area contributed by atoms with Crippen molar-refractivity contribution in [1.82, 2.24) is 9.88 Å². The molecule has 0 atom stereocenters. The van der Waals surface area contributed by atoms with E-state index in [4.69, 9.17) is 0 Å². The van der Waals surface area contributed by atoms with E-state index in [1.54, 1.807) is 42.4 Å². The van der Waals surface area contributed by atoms with Gasteiger partial charge < -0.3 is 9.64 Å². The van der Waals surface area contributed by atoms with E-state index >= 15 is 0 Å². The van der Waals surface area contributed by atoms with Crippen LogP contribution in [0.4, 0.5) is 8.78 Å². The zero-order valence-corrected chi connectivity index (χ0v) is 15.9. The third-order valence-electron chi connectivity index (χ3n) is 3.87. The molecule has 2 aromatic carbocycles. The summed E-state index contributed by atoms with van der Waals surface area (Å²) >= 11 is 1.43. The Kier molecular flexibility index (Phi) is 6.60. The van der Waals surface area contributed by atoms with Gasteiger partial charge in [0.2, 0.25) is 0 Å². The second-order valence-electron chi connectivity index (χ2n) is 5.95. The van der Waals surface area contributed by atoms with Crippen LogP contribution in [0.25, 0.3) is 0 Å². The van der Waals surface area contributed by atoms with Crippen LogP contribution in [0.15, 0.2) is 82.8 Å². The SMILES string of the molecule is CN(Cc1ccc(OC(F)F)cc1)C(=O)c1cccnc1Sc1ccccc1. The molecular weight excluding hydrogens is 382 g/mol. The number of halogens is 2. The first-order valence-electron chi connectivity index (χ1n) is 8.50. The molecule has 0 unspecified atom stereocenters. The molecule has 1 heterocycles. The van der Waals surface area contributed by atoms with Gasteiger partial charge >= 0.3 is 6.61 Å². The van der Waals surface area contributed by atoms with Gasteiger partial charge in [-0.15, -0.1) is 0 Å². The Labute approximate surface area is 166 Å². The summed E-state index contributed by atoms with van der Waals surface area (Å²) in [5, 5.41) is 0.631. The summed E-state index contributed by atoms with van der Waals surface area (Å²) in [5.41, 5.74) is 1.31. The number of hydrogen-bond acceptors (Lipinski definition) is 4. The van der Waals surface area contributed by atoms with Crippen LogP contribution in [-0.2, 0) is 6.54 Å². The summed E-state index contributed by atoms with van der Waals surface area (Å²) in [5.74, 6) is -0.0824. The molecule has 28 heavy (non-hydrogen) atoms. The number of carbonyl (C=O) groups excluding carboxylic acids is 1. The Morgan fingerprint density at radius 3 is 2.46 bits per heavy atom. The van der Waals surface area contributed by atoms with E-state index in [0.717, 1.165) is 10.5 Å². The van der Waals surface area contributed by atoms with Crippen molar-refractivity contribution < 1.29 is 18.3 Å². The second kappa shape index (κ2) is 9.32. The summed E-state index contributed by atoms with van der Waals surface area (Å²) in [6, 6.07) is 19.4. The van der Waals surface area contributed by atoms with Crippen molar-refractivity contribution in [2.45, 2.75) is 23.1 Å². The number of amides is 1. The van der Waals surface area contributed by atoms with E-state index in [-0.39, 0.29) is 11.7 Å². The first-order valence-corrected chi connectivity index (χ1v) is 9.31. The molecule has 0 radical (unpaired) electrons. The van der Waals surface area contributed by atoms with Gasteiger partial charge in [0.15, 0.2) is 0 Å². The molecule has 4 nitrogen and oxygen atoms in total. The van der Waals surface area contributed by atoms with Crippen LogP contribution in [0.5, 0.6) is 5.75 Å². The third-order valence-corrected chi connectivity index (χ3v) is 4.90. The molecule has 0 bridgehead atoms. The van der Waals surface area contributed by atoms with Crippen molar-refractivity contribution >= 4 is 17.7 Å². The lowest BCUT2D eigenvalue weighted by Gasteiger charge is -2.19. The van der Waals surface area contributed by atoms with Gasteiger partial charge in [-0.25, -0.2) is 4.98 Å². The number of benzene rings is 2. The summed E-state index contributed by atoms with van der Waals surface area (Å²) in [6.45, 7) is -2.53. The smallest absolute Gasteiger partial charge is 0.387 e. The number of ether oxygens (including phenoxy) is 1. The Balaban J connectivity index is 1.71. The number of hydrogen-bond donors (Lipinski definition) is 0.